The molecule has 2 aromatic carbocycles. The maximum absolute atomic E-state index is 14.2. The summed E-state index contributed by atoms with van der Waals surface area (Å²) in [6, 6.07) is 1.05. The number of halogens is 6. The summed E-state index contributed by atoms with van der Waals surface area (Å²) in [6.45, 7) is 15.3. The van der Waals surface area contributed by atoms with Gasteiger partial charge in [0.25, 0.3) is 6.47 Å². The zero-order chi connectivity index (χ0) is 50.7. The molecule has 0 saturated carbocycles. The lowest BCUT2D eigenvalue weighted by Crippen LogP contribution is -2.46. The highest BCUT2D eigenvalue weighted by molar-refractivity contribution is 5.80. The molecule has 21 heteroatoms. The number of benzene rings is 2. The van der Waals surface area contributed by atoms with Gasteiger partial charge in [0, 0.05) is 94.7 Å². The Balaban J connectivity index is 0.000000256. The van der Waals surface area contributed by atoms with Gasteiger partial charge in [-0.15, -0.1) is 0 Å². The highest BCUT2D eigenvalue weighted by Crippen LogP contribution is 2.34. The Labute approximate surface area is 391 Å². The van der Waals surface area contributed by atoms with Crippen molar-refractivity contribution in [2.45, 2.75) is 116 Å². The van der Waals surface area contributed by atoms with Gasteiger partial charge in [0.2, 0.25) is 17.7 Å². The highest BCUT2D eigenvalue weighted by atomic mass is 19.2. The molecule has 0 aromatic heterocycles. The van der Waals surface area contributed by atoms with Crippen molar-refractivity contribution in [3.05, 3.63) is 82.6 Å². The number of carbonyl (C=O) groups is 6. The van der Waals surface area contributed by atoms with E-state index >= 15 is 0 Å². The first-order valence-corrected chi connectivity index (χ1v) is 22.3. The molecule has 0 spiro atoms. The van der Waals surface area contributed by atoms with Gasteiger partial charge in [-0.05, 0) is 81.0 Å². The van der Waals surface area contributed by atoms with Gasteiger partial charge in [-0.1, -0.05) is 20.8 Å². The van der Waals surface area contributed by atoms with Crippen molar-refractivity contribution < 1.29 is 69.7 Å². The number of carboxylic acids is 1. The minimum atomic E-state index is -1.29. The van der Waals surface area contributed by atoms with E-state index in [-0.39, 0.29) is 84.4 Å². The van der Waals surface area contributed by atoms with Crippen molar-refractivity contribution in [1.29, 1.82) is 0 Å². The Kier molecular flexibility index (Phi) is 19.4. The molecule has 4 amide bonds. The lowest BCUT2D eigenvalue weighted by molar-refractivity contribution is -0.135. The number of ether oxygens (including phenoxy) is 2. The molecule has 4 aliphatic rings. The topological polar surface area (TPSA) is 201 Å². The maximum Gasteiger partial charge on any atom is 0.407 e. The number of nitrogens with one attached hydrogen (secondary N) is 2. The van der Waals surface area contributed by atoms with Crippen LogP contribution in [0.3, 0.4) is 0 Å². The summed E-state index contributed by atoms with van der Waals surface area (Å²) in [7, 11) is 0. The third-order valence-electron chi connectivity index (χ3n) is 11.7. The van der Waals surface area contributed by atoms with Crippen molar-refractivity contribution in [2.75, 3.05) is 39.3 Å². The summed E-state index contributed by atoms with van der Waals surface area (Å²) < 4.78 is 90.5. The van der Waals surface area contributed by atoms with Gasteiger partial charge >= 0.3 is 12.1 Å². The standard InChI is InChI=1S/C22H30F3N3O2.C21H28F3N3O3.C4H4O4/c1-22(2,3)10-21(30)27-11-13-4-5-28(19(13)12-27)20(29)8-15(26)6-14-7-17(24)18(25)9-16(14)23;1-21(2,3)30-20(29)26-14(6-13-7-16(23)17(24)9-15(13)22)8-19(28)27-5-4-12-10-25-11-18(12)27;5-3-8-2-1-4(6)7/h7,9,13,15,19H,4-6,8,10-12,26H2,1-3H3;7,9,12,14,18,25H,4-6,8,10-11H2,1-3H3,(H,26,29);1-3H,(H,6,7)/b;;2-1+/t13-,15+,19+;12-,14+,18+;/m00./s1. The number of hydrogen-bond donors (Lipinski definition) is 4. The minimum absolute atomic E-state index is 0.0163. The van der Waals surface area contributed by atoms with Crippen molar-refractivity contribution >= 4 is 36.3 Å². The summed E-state index contributed by atoms with van der Waals surface area (Å²) >= 11 is 0. The number of alkyl carbamates (subject to hydrolysis) is 1. The first-order chi connectivity index (χ1) is 31.7. The molecule has 0 bridgehead atoms. The van der Waals surface area contributed by atoms with Crippen LogP contribution in [0.2, 0.25) is 0 Å². The van der Waals surface area contributed by atoms with Crippen LogP contribution in [-0.2, 0) is 46.3 Å². The third-order valence-corrected chi connectivity index (χ3v) is 11.7. The number of nitrogens with zero attached hydrogens (tertiary/aromatic N) is 3. The molecule has 0 aliphatic carbocycles. The van der Waals surface area contributed by atoms with E-state index in [2.05, 4.69) is 15.4 Å². The number of carbonyl (C=O) groups excluding carboxylic acids is 5. The molecule has 4 heterocycles. The average molecular weight is 969 g/mol. The van der Waals surface area contributed by atoms with Crippen LogP contribution in [0.25, 0.3) is 0 Å². The minimum Gasteiger partial charge on any atom is -0.478 e. The van der Waals surface area contributed by atoms with Crippen LogP contribution in [0, 0.1) is 52.2 Å². The predicted molar refractivity (Wildman–Crippen MR) is 235 cm³/mol. The SMILES string of the molecule is CC(C)(C)CC(=O)N1C[C@@H]2CCN(C(=O)C[C@H](N)Cc3cc(F)c(F)cc3F)[C@@H]2C1.CC(C)(C)OC(=O)N[C@@H](CC(=O)N1CC[C@H]2CNC[C@H]21)Cc1cc(F)c(F)cc1F.O=CO/C=C/C(=O)O. The number of hydrogen-bond acceptors (Lipinski definition) is 10. The van der Waals surface area contributed by atoms with E-state index in [9.17, 15) is 55.1 Å². The Bertz CT molecular complexity index is 2170. The van der Waals surface area contributed by atoms with Crippen LogP contribution < -0.4 is 16.4 Å². The normalized spacial score (nSPS) is 20.6. The second-order valence-electron chi connectivity index (χ2n) is 19.6. The quantitative estimate of drug-likeness (QED) is 0.0662. The second kappa shape index (κ2) is 24.0. The van der Waals surface area contributed by atoms with Crippen LogP contribution in [0.1, 0.15) is 84.8 Å². The van der Waals surface area contributed by atoms with E-state index in [0.717, 1.165) is 44.3 Å². The van der Waals surface area contributed by atoms with Crippen LogP contribution >= 0.6 is 0 Å². The van der Waals surface area contributed by atoms with Crippen LogP contribution in [0.5, 0.6) is 0 Å². The lowest BCUT2D eigenvalue weighted by Gasteiger charge is -2.27. The number of likely N-dealkylation sites (tertiary alicyclic amines) is 3. The van der Waals surface area contributed by atoms with E-state index in [1.165, 1.54) is 0 Å². The molecule has 2 aromatic rings. The molecular weight excluding hydrogens is 907 g/mol. The van der Waals surface area contributed by atoms with Crippen LogP contribution in [-0.4, -0.2) is 125 Å². The third kappa shape index (κ3) is 16.5. The fraction of sp³-hybridized carbons (Fsp3) is 0.574. The number of amides is 4. The zero-order valence-electron chi connectivity index (χ0n) is 39.1. The van der Waals surface area contributed by atoms with E-state index in [1.807, 2.05) is 25.7 Å². The van der Waals surface area contributed by atoms with Crippen molar-refractivity contribution in [3.63, 3.8) is 0 Å². The maximum atomic E-state index is 14.2. The fourth-order valence-electron chi connectivity index (χ4n) is 8.71. The molecule has 15 nitrogen and oxygen atoms in total. The van der Waals surface area contributed by atoms with Gasteiger partial charge in [-0.3, -0.25) is 19.2 Å². The highest BCUT2D eigenvalue weighted by Gasteiger charge is 2.45. The molecule has 4 aliphatic heterocycles. The van der Waals surface area contributed by atoms with Crippen molar-refractivity contribution in [1.82, 2.24) is 25.3 Å². The van der Waals surface area contributed by atoms with E-state index in [0.29, 0.717) is 56.7 Å². The largest absolute Gasteiger partial charge is 0.478 e. The lowest BCUT2D eigenvalue weighted by atomic mass is 9.91. The summed E-state index contributed by atoms with van der Waals surface area (Å²) in [6.07, 6.45) is 2.60. The summed E-state index contributed by atoms with van der Waals surface area (Å²) in [4.78, 5) is 74.9. The smallest absolute Gasteiger partial charge is 0.407 e. The van der Waals surface area contributed by atoms with E-state index in [4.69, 9.17) is 15.6 Å². The number of aliphatic carboxylic acids is 1. The zero-order valence-corrected chi connectivity index (χ0v) is 39.1. The first-order valence-electron chi connectivity index (χ1n) is 22.3. The predicted octanol–water partition coefficient (Wildman–Crippen LogP) is 5.37. The molecule has 6 atom stereocenters. The fourth-order valence-corrected chi connectivity index (χ4v) is 8.71. The van der Waals surface area contributed by atoms with Gasteiger partial charge < -0.3 is 45.6 Å². The van der Waals surface area contributed by atoms with E-state index < -0.39 is 64.7 Å². The molecule has 68 heavy (non-hydrogen) atoms. The molecule has 0 unspecified atom stereocenters. The van der Waals surface area contributed by atoms with Gasteiger partial charge in [0.1, 0.15) is 23.5 Å². The van der Waals surface area contributed by atoms with Gasteiger partial charge in [-0.2, -0.15) is 0 Å². The number of nitrogens with two attached hydrogens (primary N) is 1. The van der Waals surface area contributed by atoms with Crippen LogP contribution in [0.4, 0.5) is 31.1 Å². The monoisotopic (exact) mass is 968 g/mol. The molecule has 5 N–H and O–H groups in total. The second-order valence-corrected chi connectivity index (χ2v) is 19.6. The number of rotatable bonds is 13. The number of carboxylic acid groups (broad SMARTS) is 1. The van der Waals surface area contributed by atoms with E-state index in [1.54, 1.807) is 30.6 Å². The Morgan fingerprint density at radius 1 is 0.765 bits per heavy atom. The average Bonchev–Trinajstić information content (AvgIpc) is 4.01. The summed E-state index contributed by atoms with van der Waals surface area (Å²) in [5, 5.41) is 13.7. The molecule has 4 saturated heterocycles. The molecule has 4 fully saturated rings. The van der Waals surface area contributed by atoms with Gasteiger partial charge in [-0.25, -0.2) is 35.9 Å². The number of fused-ring (bicyclic) bond motifs is 2. The van der Waals surface area contributed by atoms with Crippen LogP contribution in [0.15, 0.2) is 36.6 Å². The van der Waals surface area contributed by atoms with Gasteiger partial charge in [0.15, 0.2) is 23.3 Å². The Morgan fingerprint density at radius 2 is 1.31 bits per heavy atom. The Hall–Kier alpha value is -5.70. The summed E-state index contributed by atoms with van der Waals surface area (Å²) in [5.74, 6) is -7.36. The molecular formula is C47H62F6N6O9. The summed E-state index contributed by atoms with van der Waals surface area (Å²) in [5.41, 5.74) is 5.00. The van der Waals surface area contributed by atoms with Crippen molar-refractivity contribution in [3.8, 4) is 0 Å². The molecule has 6 rings (SSSR count). The molecule has 0 radical (unpaired) electrons. The van der Waals surface area contributed by atoms with Gasteiger partial charge in [0.05, 0.1) is 12.1 Å². The molecule has 376 valence electrons. The Morgan fingerprint density at radius 3 is 1.87 bits per heavy atom. The van der Waals surface area contributed by atoms with Crippen molar-refractivity contribution in [2.24, 2.45) is 23.0 Å². The first kappa shape index (κ1) is 54.9.